The van der Waals surface area contributed by atoms with Gasteiger partial charge in [-0.2, -0.15) is 0 Å². The molecule has 21 heavy (non-hydrogen) atoms. The topological polar surface area (TPSA) is 77.3 Å². The van der Waals surface area contributed by atoms with Gasteiger partial charge in [0.15, 0.2) is 0 Å². The number of non-ortho nitro benzene ring substituents is 1. The van der Waals surface area contributed by atoms with E-state index in [4.69, 9.17) is 4.74 Å². The number of aromatic nitrogens is 1. The highest BCUT2D eigenvalue weighted by molar-refractivity contribution is 5.56. The third kappa shape index (κ3) is 3.68. The van der Waals surface area contributed by atoms with E-state index in [1.165, 1.54) is 19.2 Å². The molecule has 2 aromatic rings. The van der Waals surface area contributed by atoms with E-state index in [1.807, 2.05) is 12.1 Å². The lowest BCUT2D eigenvalue weighted by Gasteiger charge is -2.10. The molecule has 0 atom stereocenters. The number of hydrogen-bond acceptors (Lipinski definition) is 5. The Morgan fingerprint density at radius 1 is 1.38 bits per heavy atom. The fourth-order valence-corrected chi connectivity index (χ4v) is 2.05. The number of ether oxygens (including phenoxy) is 1. The molecule has 2 rings (SSSR count). The molecular weight excluding hydrogens is 270 g/mol. The van der Waals surface area contributed by atoms with Crippen molar-refractivity contribution in [2.45, 2.75) is 19.9 Å². The number of hydrogen-bond donors (Lipinski definition) is 1. The van der Waals surface area contributed by atoms with Gasteiger partial charge in [0.2, 0.25) is 0 Å². The summed E-state index contributed by atoms with van der Waals surface area (Å²) in [6.45, 7) is 2.57. The molecule has 0 unspecified atom stereocenters. The number of nitrogens with zero attached hydrogens (tertiary/aromatic N) is 2. The van der Waals surface area contributed by atoms with Gasteiger partial charge in [-0.05, 0) is 18.1 Å². The lowest BCUT2D eigenvalue weighted by Crippen LogP contribution is -2.05. The monoisotopic (exact) mass is 287 g/mol. The van der Waals surface area contributed by atoms with Crippen LogP contribution in [0.4, 0.5) is 11.4 Å². The normalized spacial score (nSPS) is 10.2. The van der Waals surface area contributed by atoms with E-state index in [-0.39, 0.29) is 5.69 Å². The summed E-state index contributed by atoms with van der Waals surface area (Å²) in [6, 6.07) is 8.53. The highest BCUT2D eigenvalue weighted by Crippen LogP contribution is 2.26. The number of nitro groups is 1. The van der Waals surface area contributed by atoms with Crippen LogP contribution in [0.2, 0.25) is 0 Å². The first-order chi connectivity index (χ1) is 10.1. The van der Waals surface area contributed by atoms with E-state index >= 15 is 0 Å². The Morgan fingerprint density at radius 3 is 2.86 bits per heavy atom. The van der Waals surface area contributed by atoms with Crippen molar-refractivity contribution < 1.29 is 9.66 Å². The summed E-state index contributed by atoms with van der Waals surface area (Å²) in [5, 5.41) is 14.1. The fraction of sp³-hybridized carbons (Fsp3) is 0.267. The largest absolute Gasteiger partial charge is 0.496 e. The number of pyridine rings is 1. The van der Waals surface area contributed by atoms with Gasteiger partial charge >= 0.3 is 0 Å². The van der Waals surface area contributed by atoms with Gasteiger partial charge in [0.25, 0.3) is 5.69 Å². The second-order valence-corrected chi connectivity index (χ2v) is 4.49. The van der Waals surface area contributed by atoms with E-state index in [1.54, 1.807) is 12.3 Å². The van der Waals surface area contributed by atoms with Crippen molar-refractivity contribution in [3.63, 3.8) is 0 Å². The van der Waals surface area contributed by atoms with Crippen molar-refractivity contribution in [3.05, 3.63) is 57.9 Å². The maximum atomic E-state index is 10.9. The molecule has 0 saturated heterocycles. The zero-order valence-electron chi connectivity index (χ0n) is 12.0. The second kappa shape index (κ2) is 6.69. The average Bonchev–Trinajstić information content (AvgIpc) is 2.52. The number of anilines is 1. The van der Waals surface area contributed by atoms with Gasteiger partial charge in [-0.15, -0.1) is 0 Å². The van der Waals surface area contributed by atoms with Crippen molar-refractivity contribution in [3.8, 4) is 5.75 Å². The number of benzene rings is 1. The minimum absolute atomic E-state index is 0.00594. The molecule has 1 N–H and O–H groups in total. The second-order valence-electron chi connectivity index (χ2n) is 4.49. The quantitative estimate of drug-likeness (QED) is 0.652. The molecule has 1 heterocycles. The molecule has 0 aliphatic carbocycles. The van der Waals surface area contributed by atoms with Gasteiger partial charge in [0.1, 0.15) is 5.75 Å². The van der Waals surface area contributed by atoms with Crippen molar-refractivity contribution in [2.24, 2.45) is 0 Å². The van der Waals surface area contributed by atoms with Gasteiger partial charge in [-0.25, -0.2) is 0 Å². The first kappa shape index (κ1) is 14.8. The summed E-state index contributed by atoms with van der Waals surface area (Å²) >= 11 is 0. The lowest BCUT2D eigenvalue weighted by atomic mass is 10.1. The highest BCUT2D eigenvalue weighted by atomic mass is 16.6. The molecule has 1 aromatic carbocycles. The average molecular weight is 287 g/mol. The van der Waals surface area contributed by atoms with Crippen LogP contribution >= 0.6 is 0 Å². The molecule has 6 heteroatoms. The maximum absolute atomic E-state index is 10.9. The van der Waals surface area contributed by atoms with E-state index in [0.717, 1.165) is 17.7 Å². The molecule has 0 amide bonds. The molecule has 110 valence electrons. The minimum atomic E-state index is -0.439. The third-order valence-electron chi connectivity index (χ3n) is 3.16. The predicted octanol–water partition coefficient (Wildman–Crippen LogP) is 3.17. The lowest BCUT2D eigenvalue weighted by molar-refractivity contribution is -0.384. The van der Waals surface area contributed by atoms with E-state index in [0.29, 0.717) is 18.0 Å². The molecule has 0 aliphatic rings. The molecule has 0 saturated carbocycles. The summed E-state index contributed by atoms with van der Waals surface area (Å²) in [5.41, 5.74) is 2.72. The van der Waals surface area contributed by atoms with E-state index in [2.05, 4.69) is 17.2 Å². The van der Waals surface area contributed by atoms with Gasteiger partial charge in [0.05, 0.1) is 30.3 Å². The van der Waals surface area contributed by atoms with Crippen LogP contribution in [-0.4, -0.2) is 17.0 Å². The van der Waals surface area contributed by atoms with Crippen molar-refractivity contribution in [1.82, 2.24) is 4.98 Å². The van der Waals surface area contributed by atoms with Crippen LogP contribution in [0.15, 0.2) is 36.5 Å². The van der Waals surface area contributed by atoms with Crippen LogP contribution in [0.3, 0.4) is 0 Å². The van der Waals surface area contributed by atoms with Crippen LogP contribution in [0, 0.1) is 10.1 Å². The Labute approximate surface area is 122 Å². The molecule has 0 radical (unpaired) electrons. The summed E-state index contributed by atoms with van der Waals surface area (Å²) in [7, 11) is 1.48. The van der Waals surface area contributed by atoms with Crippen LogP contribution in [0.1, 0.15) is 18.2 Å². The van der Waals surface area contributed by atoms with Crippen LogP contribution in [0.5, 0.6) is 5.75 Å². The van der Waals surface area contributed by atoms with Crippen LogP contribution in [0.25, 0.3) is 0 Å². The van der Waals surface area contributed by atoms with Crippen molar-refractivity contribution in [1.29, 1.82) is 0 Å². The Bertz CT molecular complexity index is 644. The number of methoxy groups -OCH3 is 1. The highest BCUT2D eigenvalue weighted by Gasteiger charge is 2.10. The summed E-state index contributed by atoms with van der Waals surface area (Å²) in [4.78, 5) is 14.8. The van der Waals surface area contributed by atoms with Crippen molar-refractivity contribution in [2.75, 3.05) is 12.4 Å². The smallest absolute Gasteiger partial charge is 0.275 e. The van der Waals surface area contributed by atoms with Gasteiger partial charge in [-0.3, -0.25) is 15.1 Å². The van der Waals surface area contributed by atoms with E-state index in [9.17, 15) is 10.1 Å². The standard InChI is InChI=1S/C15H17N3O3/c1-3-11-5-4-6-16-15(11)10-17-12-7-13(18(19)20)9-14(8-12)21-2/h4-9,17H,3,10H2,1-2H3. The molecule has 6 nitrogen and oxygen atoms in total. The van der Waals surface area contributed by atoms with E-state index < -0.39 is 4.92 Å². The SMILES string of the molecule is CCc1cccnc1CNc1cc(OC)cc([N+](=O)[O-])c1. The minimum Gasteiger partial charge on any atom is -0.496 e. The Kier molecular flexibility index (Phi) is 4.71. The number of nitro benzene ring substituents is 1. The predicted molar refractivity (Wildman–Crippen MR) is 80.6 cm³/mol. The fourth-order valence-electron chi connectivity index (χ4n) is 2.05. The maximum Gasteiger partial charge on any atom is 0.275 e. The number of nitrogens with one attached hydrogen (secondary N) is 1. The zero-order chi connectivity index (χ0) is 15.2. The molecule has 0 spiro atoms. The Balaban J connectivity index is 2.19. The van der Waals surface area contributed by atoms with Gasteiger partial charge < -0.3 is 10.1 Å². The first-order valence-corrected chi connectivity index (χ1v) is 6.64. The summed E-state index contributed by atoms with van der Waals surface area (Å²) in [5.74, 6) is 0.448. The Hall–Kier alpha value is -2.63. The molecule has 0 bridgehead atoms. The van der Waals surface area contributed by atoms with Crippen LogP contribution in [-0.2, 0) is 13.0 Å². The summed E-state index contributed by atoms with van der Waals surface area (Å²) in [6.07, 6.45) is 2.63. The van der Waals surface area contributed by atoms with Gasteiger partial charge in [0, 0.05) is 24.0 Å². The zero-order valence-corrected chi connectivity index (χ0v) is 12.0. The number of aryl methyl sites for hydroxylation is 1. The molecular formula is C15H17N3O3. The number of rotatable bonds is 6. The molecule has 1 aromatic heterocycles. The first-order valence-electron chi connectivity index (χ1n) is 6.64. The van der Waals surface area contributed by atoms with Crippen LogP contribution < -0.4 is 10.1 Å². The third-order valence-corrected chi connectivity index (χ3v) is 3.16. The summed E-state index contributed by atoms with van der Waals surface area (Å²) < 4.78 is 5.08. The molecule has 0 aliphatic heterocycles. The van der Waals surface area contributed by atoms with Gasteiger partial charge in [-0.1, -0.05) is 13.0 Å². The molecule has 0 fully saturated rings. The Morgan fingerprint density at radius 2 is 2.19 bits per heavy atom. The van der Waals surface area contributed by atoms with Crippen molar-refractivity contribution >= 4 is 11.4 Å².